The Morgan fingerprint density at radius 2 is 1.92 bits per heavy atom. The van der Waals surface area contributed by atoms with E-state index in [1.54, 1.807) is 0 Å². The van der Waals surface area contributed by atoms with Gasteiger partial charge in [-0.05, 0) is 17.9 Å². The number of hydrogen-bond donors (Lipinski definition) is 1. The minimum Gasteiger partial charge on any atom is -0.327 e. The van der Waals surface area contributed by atoms with E-state index in [1.807, 2.05) is 18.2 Å². The van der Waals surface area contributed by atoms with E-state index in [4.69, 9.17) is 5.73 Å². The first-order chi connectivity index (χ1) is 5.86. The maximum atomic E-state index is 5.68. The molecule has 2 unspecified atom stereocenters. The van der Waals surface area contributed by atoms with Gasteiger partial charge in [0.2, 0.25) is 0 Å². The second kappa shape index (κ2) is 3.11. The summed E-state index contributed by atoms with van der Waals surface area (Å²) in [5.74, 6) is 0.630. The summed E-state index contributed by atoms with van der Waals surface area (Å²) < 4.78 is 0. The fourth-order valence-corrected chi connectivity index (χ4v) is 1.26. The van der Waals surface area contributed by atoms with E-state index >= 15 is 0 Å². The molecular formula is C11H13N. The molecule has 0 bridgehead atoms. The van der Waals surface area contributed by atoms with Crippen LogP contribution in [0, 0.1) is 5.92 Å². The smallest absolute Gasteiger partial charge is 0.0109 e. The van der Waals surface area contributed by atoms with Gasteiger partial charge in [0.15, 0.2) is 0 Å². The van der Waals surface area contributed by atoms with Crippen LogP contribution < -0.4 is 5.73 Å². The molecule has 1 saturated carbocycles. The monoisotopic (exact) mass is 159 g/mol. The van der Waals surface area contributed by atoms with Crippen molar-refractivity contribution in [1.82, 2.24) is 0 Å². The van der Waals surface area contributed by atoms with Crippen LogP contribution in [0.3, 0.4) is 0 Å². The van der Waals surface area contributed by atoms with Crippen LogP contribution in [0.25, 0.3) is 6.08 Å². The fourth-order valence-electron chi connectivity index (χ4n) is 1.26. The van der Waals surface area contributed by atoms with E-state index < -0.39 is 0 Å². The minimum absolute atomic E-state index is 0.421. The van der Waals surface area contributed by atoms with Gasteiger partial charge in [-0.1, -0.05) is 42.5 Å². The highest BCUT2D eigenvalue weighted by Gasteiger charge is 2.30. The molecule has 0 saturated heterocycles. The quantitative estimate of drug-likeness (QED) is 0.702. The van der Waals surface area contributed by atoms with Gasteiger partial charge in [0, 0.05) is 6.04 Å². The zero-order valence-corrected chi connectivity index (χ0v) is 6.98. The molecule has 1 aromatic rings. The highest BCUT2D eigenvalue weighted by molar-refractivity contribution is 5.49. The largest absolute Gasteiger partial charge is 0.327 e. The third-order valence-corrected chi connectivity index (χ3v) is 2.23. The van der Waals surface area contributed by atoms with Gasteiger partial charge >= 0.3 is 0 Å². The van der Waals surface area contributed by atoms with Crippen molar-refractivity contribution in [3.63, 3.8) is 0 Å². The summed E-state index contributed by atoms with van der Waals surface area (Å²) in [6, 6.07) is 10.7. The molecule has 1 aliphatic carbocycles. The third-order valence-electron chi connectivity index (χ3n) is 2.23. The van der Waals surface area contributed by atoms with Crippen LogP contribution in [0.1, 0.15) is 12.0 Å². The van der Waals surface area contributed by atoms with E-state index in [-0.39, 0.29) is 0 Å². The Labute approximate surface area is 72.9 Å². The predicted octanol–water partition coefficient (Wildman–Crippen LogP) is 2.05. The molecule has 0 spiro atoms. The Morgan fingerprint density at radius 1 is 1.25 bits per heavy atom. The van der Waals surface area contributed by atoms with Gasteiger partial charge in [-0.25, -0.2) is 0 Å². The summed E-state index contributed by atoms with van der Waals surface area (Å²) in [5, 5.41) is 0. The average Bonchev–Trinajstić information content (AvgIpc) is 2.81. The molecule has 1 nitrogen and oxygen atoms in total. The maximum Gasteiger partial charge on any atom is 0.0109 e. The molecule has 0 amide bonds. The van der Waals surface area contributed by atoms with Crippen molar-refractivity contribution in [2.75, 3.05) is 0 Å². The van der Waals surface area contributed by atoms with Gasteiger partial charge < -0.3 is 5.73 Å². The Kier molecular flexibility index (Phi) is 1.96. The topological polar surface area (TPSA) is 26.0 Å². The summed E-state index contributed by atoms with van der Waals surface area (Å²) in [7, 11) is 0. The molecule has 12 heavy (non-hydrogen) atoms. The van der Waals surface area contributed by atoms with Crippen LogP contribution in [0.15, 0.2) is 36.4 Å². The normalized spacial score (nSPS) is 27.8. The third kappa shape index (κ3) is 1.74. The Morgan fingerprint density at radius 3 is 2.50 bits per heavy atom. The minimum atomic E-state index is 0.421. The van der Waals surface area contributed by atoms with Crippen LogP contribution in [0.4, 0.5) is 0 Å². The first-order valence-electron chi connectivity index (χ1n) is 4.35. The molecule has 0 aromatic heterocycles. The summed E-state index contributed by atoms with van der Waals surface area (Å²) in [5.41, 5.74) is 6.94. The molecule has 1 fully saturated rings. The van der Waals surface area contributed by atoms with Crippen molar-refractivity contribution in [3.05, 3.63) is 42.0 Å². The number of hydrogen-bond acceptors (Lipinski definition) is 1. The first kappa shape index (κ1) is 7.56. The van der Waals surface area contributed by atoms with Gasteiger partial charge in [-0.15, -0.1) is 0 Å². The van der Waals surface area contributed by atoms with Crippen molar-refractivity contribution in [3.8, 4) is 0 Å². The summed E-state index contributed by atoms with van der Waals surface area (Å²) in [4.78, 5) is 0. The molecular weight excluding hydrogens is 146 g/mol. The fraction of sp³-hybridized carbons (Fsp3) is 0.273. The summed E-state index contributed by atoms with van der Waals surface area (Å²) in [6.07, 6.45) is 5.51. The molecule has 2 rings (SSSR count). The van der Waals surface area contributed by atoms with E-state index in [0.29, 0.717) is 12.0 Å². The zero-order chi connectivity index (χ0) is 8.39. The van der Waals surface area contributed by atoms with Crippen LogP contribution in [-0.4, -0.2) is 6.04 Å². The molecule has 1 aromatic carbocycles. The molecule has 2 atom stereocenters. The van der Waals surface area contributed by atoms with Gasteiger partial charge in [-0.2, -0.15) is 0 Å². The van der Waals surface area contributed by atoms with Crippen molar-refractivity contribution in [2.24, 2.45) is 11.7 Å². The lowest BCUT2D eigenvalue weighted by Crippen LogP contribution is -1.99. The zero-order valence-electron chi connectivity index (χ0n) is 6.98. The van der Waals surface area contributed by atoms with Crippen molar-refractivity contribution in [1.29, 1.82) is 0 Å². The average molecular weight is 159 g/mol. The Hall–Kier alpha value is -1.08. The van der Waals surface area contributed by atoms with Crippen molar-refractivity contribution < 1.29 is 0 Å². The molecule has 0 radical (unpaired) electrons. The van der Waals surface area contributed by atoms with Gasteiger partial charge in [-0.3, -0.25) is 0 Å². The van der Waals surface area contributed by atoms with E-state index in [0.717, 1.165) is 6.42 Å². The highest BCUT2D eigenvalue weighted by atomic mass is 14.7. The summed E-state index contributed by atoms with van der Waals surface area (Å²) >= 11 is 0. The standard InChI is InChI=1S/C11H13N/c12-11-8-10(11)7-6-9-4-2-1-3-5-9/h1-7,10-11H,8,12H2/b7-6+. The molecule has 1 aliphatic rings. The van der Waals surface area contributed by atoms with Crippen LogP contribution in [0.2, 0.25) is 0 Å². The lowest BCUT2D eigenvalue weighted by molar-refractivity contribution is 0.980. The van der Waals surface area contributed by atoms with Gasteiger partial charge in [0.05, 0.1) is 0 Å². The molecule has 1 heteroatoms. The van der Waals surface area contributed by atoms with Gasteiger partial charge in [0.25, 0.3) is 0 Å². The second-order valence-corrected chi connectivity index (χ2v) is 3.33. The Bertz CT molecular complexity index is 276. The van der Waals surface area contributed by atoms with Crippen LogP contribution in [0.5, 0.6) is 0 Å². The predicted molar refractivity (Wildman–Crippen MR) is 51.6 cm³/mol. The number of rotatable bonds is 2. The van der Waals surface area contributed by atoms with E-state index in [9.17, 15) is 0 Å². The maximum absolute atomic E-state index is 5.68. The molecule has 62 valence electrons. The van der Waals surface area contributed by atoms with E-state index in [2.05, 4.69) is 24.3 Å². The number of benzene rings is 1. The van der Waals surface area contributed by atoms with E-state index in [1.165, 1.54) is 5.56 Å². The molecule has 0 heterocycles. The molecule has 2 N–H and O–H groups in total. The van der Waals surface area contributed by atoms with Crippen molar-refractivity contribution >= 4 is 6.08 Å². The second-order valence-electron chi connectivity index (χ2n) is 3.33. The van der Waals surface area contributed by atoms with Crippen molar-refractivity contribution in [2.45, 2.75) is 12.5 Å². The SMILES string of the molecule is NC1CC1/C=C/c1ccccc1. The first-order valence-corrected chi connectivity index (χ1v) is 4.35. The lowest BCUT2D eigenvalue weighted by Gasteiger charge is -1.89. The highest BCUT2D eigenvalue weighted by Crippen LogP contribution is 2.29. The van der Waals surface area contributed by atoms with Gasteiger partial charge in [0.1, 0.15) is 0 Å². The lowest BCUT2D eigenvalue weighted by atomic mass is 10.2. The van der Waals surface area contributed by atoms with Crippen LogP contribution in [-0.2, 0) is 0 Å². The molecule has 0 aliphatic heterocycles. The number of nitrogens with two attached hydrogens (primary N) is 1. The van der Waals surface area contributed by atoms with Crippen LogP contribution >= 0.6 is 0 Å². The Balaban J connectivity index is 1.99. The summed E-state index contributed by atoms with van der Waals surface area (Å²) in [6.45, 7) is 0.